The smallest absolute Gasteiger partial charge is 0.334 e. The normalized spacial score (nSPS) is 24.5. The monoisotopic (exact) mass is 389 g/mol. The van der Waals surface area contributed by atoms with Crippen molar-refractivity contribution in [3.63, 3.8) is 0 Å². The molecule has 1 saturated heterocycles. The average molecular weight is 389 g/mol. The Balaban J connectivity index is 1.74. The minimum Gasteiger partial charge on any atom is -0.439 e. The molecular formula is C25H27NO3. The van der Waals surface area contributed by atoms with Crippen molar-refractivity contribution in [1.82, 2.24) is 4.90 Å². The number of allylic oxidation sites excluding steroid dienone is 2. The predicted octanol–water partition coefficient (Wildman–Crippen LogP) is 4.64. The van der Waals surface area contributed by atoms with Crippen molar-refractivity contribution in [2.75, 3.05) is 0 Å². The van der Waals surface area contributed by atoms with Crippen LogP contribution in [0.4, 0.5) is 0 Å². The number of esters is 1. The zero-order valence-electron chi connectivity index (χ0n) is 17.4. The Bertz CT molecular complexity index is 1020. The zero-order chi connectivity index (χ0) is 20.8. The highest BCUT2D eigenvalue weighted by atomic mass is 16.6. The lowest BCUT2D eigenvalue weighted by atomic mass is 9.86. The number of nitrogens with zero attached hydrogens (tertiary/aromatic N) is 1. The fourth-order valence-corrected chi connectivity index (χ4v) is 4.16. The largest absolute Gasteiger partial charge is 0.439 e. The third-order valence-electron chi connectivity index (χ3n) is 5.78. The number of rotatable bonds is 3. The van der Waals surface area contributed by atoms with Crippen molar-refractivity contribution < 1.29 is 14.3 Å². The topological polar surface area (TPSA) is 46.6 Å². The molecule has 0 N–H and O–H groups in total. The average Bonchev–Trinajstić information content (AvgIpc) is 3.28. The molecule has 4 rings (SSSR count). The van der Waals surface area contributed by atoms with Crippen LogP contribution in [0.25, 0.3) is 10.8 Å². The molecule has 4 nitrogen and oxygen atoms in total. The molecule has 2 aliphatic rings. The molecule has 29 heavy (non-hydrogen) atoms. The lowest BCUT2D eigenvalue weighted by molar-refractivity contribution is -0.150. The van der Waals surface area contributed by atoms with Gasteiger partial charge >= 0.3 is 5.97 Å². The summed E-state index contributed by atoms with van der Waals surface area (Å²) in [6.07, 6.45) is 7.60. The van der Waals surface area contributed by atoms with E-state index in [4.69, 9.17) is 4.74 Å². The van der Waals surface area contributed by atoms with E-state index < -0.39 is 17.2 Å². The number of benzene rings is 2. The lowest BCUT2D eigenvalue weighted by Crippen LogP contribution is -2.57. The van der Waals surface area contributed by atoms with Crippen LogP contribution in [0, 0.1) is 11.3 Å². The van der Waals surface area contributed by atoms with Crippen molar-refractivity contribution in [3.05, 3.63) is 72.3 Å². The van der Waals surface area contributed by atoms with E-state index in [2.05, 4.69) is 24.3 Å². The van der Waals surface area contributed by atoms with Gasteiger partial charge in [0.2, 0.25) is 5.91 Å². The van der Waals surface area contributed by atoms with Crippen LogP contribution in [-0.2, 0) is 20.7 Å². The first-order valence-corrected chi connectivity index (χ1v) is 10.1. The second-order valence-electron chi connectivity index (χ2n) is 9.20. The number of hydrogen-bond donors (Lipinski definition) is 0. The molecule has 0 spiro atoms. The van der Waals surface area contributed by atoms with E-state index in [0.717, 1.165) is 16.3 Å². The van der Waals surface area contributed by atoms with E-state index in [0.29, 0.717) is 6.42 Å². The van der Waals surface area contributed by atoms with Gasteiger partial charge in [-0.3, -0.25) is 9.69 Å². The number of amides is 1. The van der Waals surface area contributed by atoms with Gasteiger partial charge in [-0.05, 0) is 23.3 Å². The van der Waals surface area contributed by atoms with Gasteiger partial charge in [0.1, 0.15) is 5.54 Å². The Morgan fingerprint density at radius 3 is 2.38 bits per heavy atom. The number of carbonyl (C=O) groups is 2. The van der Waals surface area contributed by atoms with E-state index in [9.17, 15) is 9.59 Å². The van der Waals surface area contributed by atoms with Crippen molar-refractivity contribution in [2.45, 2.75) is 45.9 Å². The summed E-state index contributed by atoms with van der Waals surface area (Å²) in [5, 5.41) is 2.27. The van der Waals surface area contributed by atoms with Crippen molar-refractivity contribution in [1.29, 1.82) is 0 Å². The highest BCUT2D eigenvalue weighted by molar-refractivity contribution is 5.93. The van der Waals surface area contributed by atoms with Gasteiger partial charge in [0.25, 0.3) is 0 Å². The summed E-state index contributed by atoms with van der Waals surface area (Å²) in [7, 11) is 0. The highest BCUT2D eigenvalue weighted by Crippen LogP contribution is 2.40. The Labute approximate surface area is 171 Å². The lowest BCUT2D eigenvalue weighted by Gasteiger charge is -2.38. The number of ether oxygens (including phenoxy) is 1. The van der Waals surface area contributed by atoms with Gasteiger partial charge in [-0.25, -0.2) is 4.79 Å². The number of fused-ring (bicyclic) bond motifs is 1. The highest BCUT2D eigenvalue weighted by Gasteiger charge is 2.57. The fraction of sp³-hybridized carbons (Fsp3) is 0.360. The quantitative estimate of drug-likeness (QED) is 0.719. The maximum atomic E-state index is 13.4. The molecule has 4 heteroatoms. The summed E-state index contributed by atoms with van der Waals surface area (Å²) in [4.78, 5) is 28.2. The minimum absolute atomic E-state index is 0.0784. The summed E-state index contributed by atoms with van der Waals surface area (Å²) in [5.74, 6) is -0.545. The first kappa shape index (κ1) is 19.4. The van der Waals surface area contributed by atoms with Crippen molar-refractivity contribution in [3.8, 4) is 0 Å². The van der Waals surface area contributed by atoms with Crippen LogP contribution in [0.2, 0.25) is 0 Å². The summed E-state index contributed by atoms with van der Waals surface area (Å²) < 4.78 is 5.81. The first-order chi connectivity index (χ1) is 13.7. The van der Waals surface area contributed by atoms with Crippen LogP contribution in [0.5, 0.6) is 0 Å². The van der Waals surface area contributed by atoms with E-state index in [1.54, 1.807) is 4.90 Å². The SMILES string of the molecule is CC(C)(C)C(=O)N1[C@H](C2C=CC=C2)OC(=O)[C@@]1(C)Cc1ccc2ccccc2c1. The third-order valence-corrected chi connectivity index (χ3v) is 5.78. The number of cyclic esters (lactones) is 1. The van der Waals surface area contributed by atoms with Crippen LogP contribution in [0.1, 0.15) is 33.3 Å². The summed E-state index contributed by atoms with van der Waals surface area (Å²) in [5.41, 5.74) is -0.669. The molecule has 2 aromatic carbocycles. The molecule has 1 aliphatic heterocycles. The molecule has 2 atom stereocenters. The predicted molar refractivity (Wildman–Crippen MR) is 114 cm³/mol. The van der Waals surface area contributed by atoms with Crippen LogP contribution in [0.15, 0.2) is 66.8 Å². The molecule has 0 bridgehead atoms. The molecule has 1 heterocycles. The molecule has 0 radical (unpaired) electrons. The Kier molecular flexibility index (Phi) is 4.60. The standard InChI is InChI=1S/C25H27NO3/c1-24(2,3)22(27)26-21(19-10-6-7-11-19)29-23(28)25(26,4)16-17-13-14-18-9-5-8-12-20(18)15-17/h5-15,19,21H,16H2,1-4H3/t21-,25+/m0/s1. The molecular weight excluding hydrogens is 362 g/mol. The second-order valence-corrected chi connectivity index (χ2v) is 9.20. The molecule has 0 unspecified atom stereocenters. The van der Waals surface area contributed by atoms with Crippen LogP contribution in [-0.4, -0.2) is 28.5 Å². The molecule has 150 valence electrons. The van der Waals surface area contributed by atoms with Crippen molar-refractivity contribution in [2.24, 2.45) is 11.3 Å². The van der Waals surface area contributed by atoms with Crippen LogP contribution < -0.4 is 0 Å². The van der Waals surface area contributed by atoms with Crippen LogP contribution >= 0.6 is 0 Å². The van der Waals surface area contributed by atoms with E-state index in [1.807, 2.05) is 70.2 Å². The molecule has 0 saturated carbocycles. The zero-order valence-corrected chi connectivity index (χ0v) is 17.4. The summed E-state index contributed by atoms with van der Waals surface area (Å²) >= 11 is 0. The molecule has 1 amide bonds. The molecule has 1 aliphatic carbocycles. The maximum absolute atomic E-state index is 13.4. The van der Waals surface area contributed by atoms with Gasteiger partial charge in [0.05, 0.1) is 5.92 Å². The number of carbonyl (C=O) groups excluding carboxylic acids is 2. The second kappa shape index (κ2) is 6.87. The Morgan fingerprint density at radius 2 is 1.72 bits per heavy atom. The Morgan fingerprint density at radius 1 is 1.07 bits per heavy atom. The number of hydrogen-bond acceptors (Lipinski definition) is 3. The Hall–Kier alpha value is -2.88. The summed E-state index contributed by atoms with van der Waals surface area (Å²) in [6, 6.07) is 14.3. The van der Waals surface area contributed by atoms with Gasteiger partial charge in [-0.2, -0.15) is 0 Å². The third kappa shape index (κ3) is 3.37. The van der Waals surface area contributed by atoms with Gasteiger partial charge in [-0.15, -0.1) is 0 Å². The van der Waals surface area contributed by atoms with E-state index >= 15 is 0 Å². The molecule has 1 fully saturated rings. The summed E-state index contributed by atoms with van der Waals surface area (Å²) in [6.45, 7) is 7.47. The maximum Gasteiger partial charge on any atom is 0.334 e. The van der Waals surface area contributed by atoms with Gasteiger partial charge in [0, 0.05) is 11.8 Å². The van der Waals surface area contributed by atoms with Crippen molar-refractivity contribution >= 4 is 22.6 Å². The minimum atomic E-state index is -1.05. The molecule has 0 aromatic heterocycles. The van der Waals surface area contributed by atoms with Gasteiger partial charge in [-0.1, -0.05) is 87.5 Å². The molecule has 2 aromatic rings. The van der Waals surface area contributed by atoms with E-state index in [-0.39, 0.29) is 17.8 Å². The first-order valence-electron chi connectivity index (χ1n) is 10.1. The van der Waals surface area contributed by atoms with Gasteiger partial charge < -0.3 is 4.74 Å². The van der Waals surface area contributed by atoms with E-state index in [1.165, 1.54) is 0 Å². The van der Waals surface area contributed by atoms with Crippen LogP contribution in [0.3, 0.4) is 0 Å². The fourth-order valence-electron chi connectivity index (χ4n) is 4.16. The van der Waals surface area contributed by atoms with Gasteiger partial charge in [0.15, 0.2) is 6.23 Å².